The minimum Gasteiger partial charge on any atom is -0.452 e. The molecule has 0 atom stereocenters. The van der Waals surface area contributed by atoms with E-state index in [0.29, 0.717) is 0 Å². The van der Waals surface area contributed by atoms with E-state index in [2.05, 4.69) is 14.7 Å². The van der Waals surface area contributed by atoms with Gasteiger partial charge >= 0.3 is 0 Å². The summed E-state index contributed by atoms with van der Waals surface area (Å²) in [4.78, 5) is 13.4. The molecule has 0 fully saturated rings. The fraction of sp³-hybridized carbons (Fsp3) is 0.167. The predicted octanol–water partition coefficient (Wildman–Crippen LogP) is 0.187. The van der Waals surface area contributed by atoms with Crippen LogP contribution in [-0.2, 0) is 0 Å². The summed E-state index contributed by atoms with van der Waals surface area (Å²) in [5, 5.41) is 13.0. The lowest BCUT2D eigenvalue weighted by atomic mass is 10.9. The van der Waals surface area contributed by atoms with Crippen LogP contribution in [0.4, 0.5) is 0 Å². The van der Waals surface area contributed by atoms with Crippen molar-refractivity contribution in [2.24, 2.45) is 0 Å². The fourth-order valence-electron chi connectivity index (χ4n) is 0.626. The SMILES string of the molecule is O=[N+]([O-])N1C=CNC1.c1cocn1. The molecule has 2 heterocycles. The van der Waals surface area contributed by atoms with Crippen LogP contribution in [0, 0.1) is 10.1 Å². The molecule has 1 aliphatic heterocycles. The van der Waals surface area contributed by atoms with Crippen LogP contribution >= 0.6 is 0 Å². The zero-order valence-corrected chi connectivity index (χ0v) is 6.66. The molecule has 0 saturated heterocycles. The second kappa shape index (κ2) is 4.75. The van der Waals surface area contributed by atoms with Crippen molar-refractivity contribution >= 4 is 0 Å². The van der Waals surface area contributed by atoms with Gasteiger partial charge in [0.05, 0.1) is 12.4 Å². The van der Waals surface area contributed by atoms with Crippen LogP contribution in [0.5, 0.6) is 0 Å². The summed E-state index contributed by atoms with van der Waals surface area (Å²) < 4.78 is 4.47. The van der Waals surface area contributed by atoms with Crippen LogP contribution in [0.2, 0.25) is 0 Å². The number of nitro groups is 1. The molecule has 1 N–H and O–H groups in total. The van der Waals surface area contributed by atoms with Gasteiger partial charge in [0.25, 0.3) is 0 Å². The molecule has 13 heavy (non-hydrogen) atoms. The fourth-order valence-corrected chi connectivity index (χ4v) is 0.626. The molecule has 0 bridgehead atoms. The number of aromatic nitrogens is 1. The van der Waals surface area contributed by atoms with Gasteiger partial charge in [0.1, 0.15) is 6.26 Å². The zero-order chi connectivity index (χ0) is 9.52. The van der Waals surface area contributed by atoms with E-state index in [1.54, 1.807) is 6.20 Å². The summed E-state index contributed by atoms with van der Waals surface area (Å²) in [6, 6.07) is 0. The highest BCUT2D eigenvalue weighted by atomic mass is 16.7. The third-order valence-corrected chi connectivity index (χ3v) is 1.17. The van der Waals surface area contributed by atoms with Gasteiger partial charge in [-0.3, -0.25) is 0 Å². The van der Waals surface area contributed by atoms with E-state index in [4.69, 9.17) is 0 Å². The topological polar surface area (TPSA) is 84.4 Å². The Kier molecular flexibility index (Phi) is 3.31. The maximum absolute atomic E-state index is 9.84. The Balaban J connectivity index is 0.000000145. The minimum absolute atomic E-state index is 0.271. The average molecular weight is 184 g/mol. The van der Waals surface area contributed by atoms with Crippen LogP contribution in [0.25, 0.3) is 0 Å². The van der Waals surface area contributed by atoms with Crippen LogP contribution in [-0.4, -0.2) is 21.7 Å². The monoisotopic (exact) mass is 184 g/mol. The summed E-state index contributed by atoms with van der Waals surface area (Å²) in [6.07, 6.45) is 7.38. The summed E-state index contributed by atoms with van der Waals surface area (Å²) in [7, 11) is 0. The third-order valence-electron chi connectivity index (χ3n) is 1.17. The third kappa shape index (κ3) is 3.23. The first-order chi connectivity index (χ1) is 6.30. The number of rotatable bonds is 1. The van der Waals surface area contributed by atoms with Crippen molar-refractivity contribution in [3.63, 3.8) is 0 Å². The predicted molar refractivity (Wildman–Crippen MR) is 42.5 cm³/mol. The molecule has 70 valence electrons. The number of hydrogen-bond donors (Lipinski definition) is 1. The van der Waals surface area contributed by atoms with E-state index < -0.39 is 5.03 Å². The Hall–Kier alpha value is -2.05. The number of nitrogens with zero attached hydrogens (tertiary/aromatic N) is 3. The van der Waals surface area contributed by atoms with Gasteiger partial charge in [-0.15, -0.1) is 0 Å². The van der Waals surface area contributed by atoms with Crippen molar-refractivity contribution in [3.05, 3.63) is 41.4 Å². The molecule has 0 aliphatic carbocycles. The lowest BCUT2D eigenvalue weighted by Crippen LogP contribution is -2.26. The van der Waals surface area contributed by atoms with Gasteiger partial charge in [-0.05, 0) is 0 Å². The molecule has 0 radical (unpaired) electrons. The Labute approximate surface area is 73.8 Å². The molecule has 0 amide bonds. The lowest BCUT2D eigenvalue weighted by Gasteiger charge is -1.99. The standard InChI is InChI=1S/C3H5N3O2.C3H3NO/c7-6(8)5-2-1-4-3-5;1-2-5-3-4-1/h1-2,4H,3H2;1-3H. The Morgan fingerprint density at radius 3 is 2.77 bits per heavy atom. The first-order valence-corrected chi connectivity index (χ1v) is 3.44. The van der Waals surface area contributed by atoms with E-state index in [9.17, 15) is 10.1 Å². The van der Waals surface area contributed by atoms with Crippen LogP contribution < -0.4 is 5.32 Å². The molecule has 0 saturated carbocycles. The Morgan fingerprint density at radius 1 is 1.69 bits per heavy atom. The maximum Gasteiger partial charge on any atom is 0.180 e. The van der Waals surface area contributed by atoms with Gasteiger partial charge in [-0.25, -0.2) is 15.1 Å². The molecular weight excluding hydrogens is 176 g/mol. The molecular formula is C6H8N4O3. The van der Waals surface area contributed by atoms with Crippen molar-refractivity contribution in [1.82, 2.24) is 15.3 Å². The van der Waals surface area contributed by atoms with Crippen LogP contribution in [0.1, 0.15) is 0 Å². The minimum atomic E-state index is -0.476. The van der Waals surface area contributed by atoms with E-state index in [1.807, 2.05) is 0 Å². The van der Waals surface area contributed by atoms with Gasteiger partial charge in [0, 0.05) is 6.20 Å². The van der Waals surface area contributed by atoms with Gasteiger partial charge in [0.2, 0.25) is 0 Å². The van der Waals surface area contributed by atoms with E-state index >= 15 is 0 Å². The van der Waals surface area contributed by atoms with Crippen LogP contribution in [0.3, 0.4) is 0 Å². The smallest absolute Gasteiger partial charge is 0.180 e. The second-order valence-corrected chi connectivity index (χ2v) is 2.03. The highest BCUT2D eigenvalue weighted by molar-refractivity contribution is 4.81. The van der Waals surface area contributed by atoms with Gasteiger partial charge in [-0.1, -0.05) is 5.01 Å². The zero-order valence-electron chi connectivity index (χ0n) is 6.66. The van der Waals surface area contributed by atoms with E-state index in [-0.39, 0.29) is 6.67 Å². The van der Waals surface area contributed by atoms with Crippen molar-refractivity contribution in [3.8, 4) is 0 Å². The average Bonchev–Trinajstić information content (AvgIpc) is 2.82. The molecule has 0 unspecified atom stereocenters. The summed E-state index contributed by atoms with van der Waals surface area (Å²) >= 11 is 0. The largest absolute Gasteiger partial charge is 0.452 e. The highest BCUT2D eigenvalue weighted by Gasteiger charge is 2.11. The van der Waals surface area contributed by atoms with E-state index in [1.165, 1.54) is 25.1 Å². The molecule has 0 spiro atoms. The molecule has 7 heteroatoms. The summed E-state index contributed by atoms with van der Waals surface area (Å²) in [6.45, 7) is 0.271. The lowest BCUT2D eigenvalue weighted by molar-refractivity contribution is -0.638. The Bertz CT molecular complexity index is 254. The number of oxazole rings is 1. The second-order valence-electron chi connectivity index (χ2n) is 2.03. The molecule has 1 aliphatic rings. The first kappa shape index (κ1) is 9.04. The maximum atomic E-state index is 9.84. The van der Waals surface area contributed by atoms with Gasteiger partial charge in [0.15, 0.2) is 18.1 Å². The van der Waals surface area contributed by atoms with Crippen molar-refractivity contribution in [2.75, 3.05) is 6.67 Å². The molecule has 2 rings (SSSR count). The van der Waals surface area contributed by atoms with E-state index in [0.717, 1.165) is 5.01 Å². The highest BCUT2D eigenvalue weighted by Crippen LogP contribution is 1.91. The van der Waals surface area contributed by atoms with Crippen LogP contribution in [0.15, 0.2) is 35.7 Å². The molecule has 7 nitrogen and oxygen atoms in total. The van der Waals surface area contributed by atoms with Gasteiger partial charge in [-0.2, -0.15) is 0 Å². The van der Waals surface area contributed by atoms with Crippen molar-refractivity contribution in [1.29, 1.82) is 0 Å². The molecule has 0 aromatic carbocycles. The quantitative estimate of drug-likeness (QED) is 0.495. The number of hydrogen-bond acceptors (Lipinski definition) is 5. The summed E-state index contributed by atoms with van der Waals surface area (Å²) in [5.74, 6) is 0. The number of hydrazine groups is 1. The number of nitrogens with one attached hydrogen (secondary N) is 1. The van der Waals surface area contributed by atoms with Crippen molar-refractivity contribution < 1.29 is 9.45 Å². The molecule has 1 aromatic heterocycles. The van der Waals surface area contributed by atoms with Crippen molar-refractivity contribution in [2.45, 2.75) is 0 Å². The first-order valence-electron chi connectivity index (χ1n) is 3.44. The summed E-state index contributed by atoms with van der Waals surface area (Å²) in [5.41, 5.74) is 0. The normalized spacial score (nSPS) is 13.1. The molecule has 1 aromatic rings. The van der Waals surface area contributed by atoms with Gasteiger partial charge < -0.3 is 9.73 Å². The Morgan fingerprint density at radius 2 is 2.54 bits per heavy atom.